The van der Waals surface area contributed by atoms with E-state index in [9.17, 15) is 0 Å². The van der Waals surface area contributed by atoms with E-state index in [0.29, 0.717) is 0 Å². The first kappa shape index (κ1) is 28.8. The van der Waals surface area contributed by atoms with Crippen LogP contribution in [0, 0.1) is 0 Å². The van der Waals surface area contributed by atoms with Gasteiger partial charge in [-0.15, -0.1) is 11.3 Å². The number of nitrogens with zero attached hydrogens (tertiary/aromatic N) is 1. The molecule has 0 unspecified atom stereocenters. The largest absolute Gasteiger partial charge is 0.310 e. The van der Waals surface area contributed by atoms with Gasteiger partial charge in [-0.05, 0) is 85.6 Å². The molecular weight excluding hydrogens is 623 g/mol. The maximum Gasteiger partial charge on any atom is 0.0546 e. The quantitative estimate of drug-likeness (QED) is 0.167. The summed E-state index contributed by atoms with van der Waals surface area (Å²) in [6, 6.07) is 68.7. The van der Waals surface area contributed by atoms with Crippen LogP contribution in [0.3, 0.4) is 0 Å². The van der Waals surface area contributed by atoms with Crippen molar-refractivity contribution in [3.8, 4) is 22.3 Å². The second-order valence-corrected chi connectivity index (χ2v) is 14.0. The molecule has 10 rings (SSSR count). The van der Waals surface area contributed by atoms with Crippen molar-refractivity contribution in [1.82, 2.24) is 0 Å². The molecule has 0 radical (unpaired) electrons. The molecule has 0 spiro atoms. The normalized spacial score (nSPS) is 11.6. The van der Waals surface area contributed by atoms with E-state index in [0.717, 1.165) is 17.1 Å². The van der Waals surface area contributed by atoms with Crippen LogP contribution in [-0.2, 0) is 0 Å². The number of rotatable bonds is 5. The number of benzene rings is 9. The molecular formula is C48H31NS. The second-order valence-electron chi connectivity index (χ2n) is 12.9. The van der Waals surface area contributed by atoms with Crippen LogP contribution in [0.25, 0.3) is 74.7 Å². The van der Waals surface area contributed by atoms with E-state index >= 15 is 0 Å². The summed E-state index contributed by atoms with van der Waals surface area (Å²) < 4.78 is 2.65. The lowest BCUT2D eigenvalue weighted by Gasteiger charge is -2.28. The molecule has 0 aliphatic carbocycles. The van der Waals surface area contributed by atoms with Crippen LogP contribution in [0.1, 0.15) is 0 Å². The molecule has 0 saturated heterocycles. The van der Waals surface area contributed by atoms with Crippen molar-refractivity contribution in [3.63, 3.8) is 0 Å². The summed E-state index contributed by atoms with van der Waals surface area (Å²) in [5.41, 5.74) is 8.29. The molecule has 10 aromatic rings. The first-order chi connectivity index (χ1) is 24.8. The smallest absolute Gasteiger partial charge is 0.0546 e. The fraction of sp³-hybridized carbons (Fsp3) is 0. The zero-order valence-electron chi connectivity index (χ0n) is 27.3. The Hall–Kier alpha value is -6.22. The van der Waals surface area contributed by atoms with Gasteiger partial charge in [-0.3, -0.25) is 0 Å². The number of hydrogen-bond donors (Lipinski definition) is 0. The van der Waals surface area contributed by atoms with Gasteiger partial charge in [0.05, 0.1) is 5.69 Å². The Labute approximate surface area is 294 Å². The maximum absolute atomic E-state index is 2.44. The molecule has 1 aromatic heterocycles. The van der Waals surface area contributed by atoms with Crippen molar-refractivity contribution < 1.29 is 0 Å². The molecule has 9 aromatic carbocycles. The first-order valence-electron chi connectivity index (χ1n) is 17.1. The van der Waals surface area contributed by atoms with Crippen molar-refractivity contribution in [2.24, 2.45) is 0 Å². The zero-order valence-corrected chi connectivity index (χ0v) is 28.1. The lowest BCUT2D eigenvalue weighted by molar-refractivity contribution is 1.30. The molecule has 0 bridgehead atoms. The minimum atomic E-state index is 1.12. The Bertz CT molecular complexity index is 2870. The Morgan fingerprint density at radius 2 is 1.02 bits per heavy atom. The lowest BCUT2D eigenvalue weighted by Crippen LogP contribution is -2.10. The highest BCUT2D eigenvalue weighted by molar-refractivity contribution is 7.26. The highest BCUT2D eigenvalue weighted by Crippen LogP contribution is 2.45. The van der Waals surface area contributed by atoms with Crippen molar-refractivity contribution in [2.75, 3.05) is 4.90 Å². The van der Waals surface area contributed by atoms with E-state index in [2.05, 4.69) is 193 Å². The third kappa shape index (κ3) is 4.69. The SMILES string of the molecule is c1ccc(-c2ccc(N(c3cccc(-c4cccc5c4sc4ccccc45)c3)c3cccc4ccc5c6ccccc6ccc5c34)cc2)cc1. The molecule has 1 nitrogen and oxygen atoms in total. The molecule has 0 aliphatic rings. The molecule has 234 valence electrons. The third-order valence-corrected chi connectivity index (χ3v) is 11.3. The number of fused-ring (bicyclic) bond motifs is 8. The van der Waals surface area contributed by atoms with Gasteiger partial charge in [-0.1, -0.05) is 152 Å². The molecule has 0 saturated carbocycles. The van der Waals surface area contributed by atoms with E-state index in [1.54, 1.807) is 0 Å². The van der Waals surface area contributed by atoms with Crippen LogP contribution in [0.5, 0.6) is 0 Å². The highest BCUT2D eigenvalue weighted by Gasteiger charge is 2.19. The van der Waals surface area contributed by atoms with E-state index in [1.165, 1.54) is 74.7 Å². The van der Waals surface area contributed by atoms with Gasteiger partial charge in [-0.2, -0.15) is 0 Å². The first-order valence-corrected chi connectivity index (χ1v) is 17.9. The van der Waals surface area contributed by atoms with Crippen molar-refractivity contribution in [2.45, 2.75) is 0 Å². The topological polar surface area (TPSA) is 3.24 Å². The fourth-order valence-electron chi connectivity index (χ4n) is 7.69. The van der Waals surface area contributed by atoms with E-state index in [4.69, 9.17) is 0 Å². The predicted molar refractivity (Wildman–Crippen MR) is 217 cm³/mol. The minimum Gasteiger partial charge on any atom is -0.310 e. The lowest BCUT2D eigenvalue weighted by atomic mass is 9.95. The van der Waals surface area contributed by atoms with Gasteiger partial charge < -0.3 is 4.90 Å². The summed E-state index contributed by atoms with van der Waals surface area (Å²) in [6.45, 7) is 0. The molecule has 0 atom stereocenters. The maximum atomic E-state index is 2.44. The van der Waals surface area contributed by atoms with Gasteiger partial charge in [0.25, 0.3) is 0 Å². The Balaban J connectivity index is 1.21. The standard InChI is InChI=1S/C48H31NS/c1-2-11-32(12-3-1)33-23-27-37(28-24-33)49(45-21-9-14-35-26-29-41-39-17-5-4-13-34(39)25-30-43(41)47(35)45)38-16-8-15-36(31-38)40-19-10-20-44-42-18-6-7-22-46(42)50-48(40)44/h1-31H. The van der Waals surface area contributed by atoms with Crippen LogP contribution in [0.15, 0.2) is 188 Å². The van der Waals surface area contributed by atoms with Crippen LogP contribution in [-0.4, -0.2) is 0 Å². The third-order valence-electron chi connectivity index (χ3n) is 10.0. The zero-order chi connectivity index (χ0) is 33.0. The predicted octanol–water partition coefficient (Wildman–Crippen LogP) is 14.3. The van der Waals surface area contributed by atoms with Gasteiger partial charge in [0, 0.05) is 36.9 Å². The summed E-state index contributed by atoms with van der Waals surface area (Å²) >= 11 is 1.88. The van der Waals surface area contributed by atoms with Gasteiger partial charge in [-0.25, -0.2) is 0 Å². The van der Waals surface area contributed by atoms with Crippen LogP contribution >= 0.6 is 11.3 Å². The molecule has 0 aliphatic heterocycles. The van der Waals surface area contributed by atoms with Gasteiger partial charge in [0.15, 0.2) is 0 Å². The molecule has 0 N–H and O–H groups in total. The number of hydrogen-bond acceptors (Lipinski definition) is 2. The van der Waals surface area contributed by atoms with Gasteiger partial charge >= 0.3 is 0 Å². The molecule has 0 fully saturated rings. The van der Waals surface area contributed by atoms with Crippen LogP contribution in [0.4, 0.5) is 17.1 Å². The van der Waals surface area contributed by atoms with Crippen molar-refractivity contribution >= 4 is 80.9 Å². The second kappa shape index (κ2) is 11.7. The van der Waals surface area contributed by atoms with Crippen LogP contribution < -0.4 is 4.90 Å². The minimum absolute atomic E-state index is 1.12. The summed E-state index contributed by atoms with van der Waals surface area (Å²) in [7, 11) is 0. The Morgan fingerprint density at radius 1 is 0.360 bits per heavy atom. The van der Waals surface area contributed by atoms with Crippen LogP contribution in [0.2, 0.25) is 0 Å². The molecule has 1 heterocycles. The van der Waals surface area contributed by atoms with Gasteiger partial charge in [0.1, 0.15) is 0 Å². The van der Waals surface area contributed by atoms with E-state index < -0.39 is 0 Å². The summed E-state index contributed by atoms with van der Waals surface area (Å²) in [4.78, 5) is 2.44. The molecule has 0 amide bonds. The molecule has 50 heavy (non-hydrogen) atoms. The summed E-state index contributed by atoms with van der Waals surface area (Å²) in [6.07, 6.45) is 0. The molecule has 2 heteroatoms. The monoisotopic (exact) mass is 653 g/mol. The van der Waals surface area contributed by atoms with E-state index in [1.807, 2.05) is 11.3 Å². The van der Waals surface area contributed by atoms with Crippen molar-refractivity contribution in [3.05, 3.63) is 188 Å². The average molecular weight is 654 g/mol. The van der Waals surface area contributed by atoms with Gasteiger partial charge in [0.2, 0.25) is 0 Å². The summed E-state index contributed by atoms with van der Waals surface area (Å²) in [5, 5.41) is 10.2. The van der Waals surface area contributed by atoms with Crippen molar-refractivity contribution in [1.29, 1.82) is 0 Å². The van der Waals surface area contributed by atoms with E-state index in [-0.39, 0.29) is 0 Å². The number of anilines is 3. The number of thiophene rings is 1. The average Bonchev–Trinajstić information content (AvgIpc) is 3.57. The highest BCUT2D eigenvalue weighted by atomic mass is 32.1. The Kier molecular flexibility index (Phi) is 6.75. The fourth-order valence-corrected chi connectivity index (χ4v) is 8.93. The summed E-state index contributed by atoms with van der Waals surface area (Å²) in [5.74, 6) is 0. The Morgan fingerprint density at radius 3 is 1.92 bits per heavy atom.